The molecular weight excluding hydrogens is 213 g/mol. The summed E-state index contributed by atoms with van der Waals surface area (Å²) in [5, 5.41) is 17.5. The third-order valence-corrected chi connectivity index (χ3v) is 2.08. The molecule has 0 aliphatic heterocycles. The highest BCUT2D eigenvalue weighted by Crippen LogP contribution is 2.31. The van der Waals surface area contributed by atoms with Gasteiger partial charge in [-0.15, -0.1) is 0 Å². The zero-order valence-electron chi connectivity index (χ0n) is 6.51. The molecule has 1 aromatic rings. The summed E-state index contributed by atoms with van der Waals surface area (Å²) in [5.41, 5.74) is 0. The highest BCUT2D eigenvalue weighted by Gasteiger charge is 2.04. The zero-order valence-corrected chi connectivity index (χ0v) is 8.02. The molecule has 0 spiro atoms. The summed E-state index contributed by atoms with van der Waals surface area (Å²) in [4.78, 5) is 0. The normalized spacial score (nSPS) is 9.69. The van der Waals surface area contributed by atoms with Crippen molar-refractivity contribution in [1.82, 2.24) is 0 Å². The Hall–Kier alpha value is -0.930. The van der Waals surface area contributed by atoms with Crippen molar-refractivity contribution in [2.75, 3.05) is 6.61 Å². The molecule has 0 heterocycles. The molecule has 0 bridgehead atoms. The molecule has 0 aliphatic carbocycles. The van der Waals surface area contributed by atoms with Crippen molar-refractivity contribution in [3.05, 3.63) is 28.2 Å². The van der Waals surface area contributed by atoms with E-state index in [2.05, 4.69) is 0 Å². The van der Waals surface area contributed by atoms with Crippen LogP contribution in [-0.2, 0) is 0 Å². The van der Waals surface area contributed by atoms with Gasteiger partial charge in [0.25, 0.3) is 0 Å². The largest absolute Gasteiger partial charge is 0.860 e. The zero-order chi connectivity index (χ0) is 9.84. The topological polar surface area (TPSA) is 56.1 Å². The summed E-state index contributed by atoms with van der Waals surface area (Å²) in [6.45, 7) is -0.319. The number of rotatable bonds is 3. The van der Waals surface area contributed by atoms with Crippen LogP contribution in [0.4, 0.5) is 0 Å². The van der Waals surface area contributed by atoms with Crippen LogP contribution in [0, 0.1) is 5.41 Å². The van der Waals surface area contributed by atoms with E-state index in [-0.39, 0.29) is 11.6 Å². The Balaban J connectivity index is 2.77. The lowest BCUT2D eigenvalue weighted by atomic mass is 10.3. The third-order valence-electron chi connectivity index (χ3n) is 1.27. The first-order valence-electron chi connectivity index (χ1n) is 3.42. The lowest BCUT2D eigenvalue weighted by molar-refractivity contribution is -0.222. The number of halogens is 2. The van der Waals surface area contributed by atoms with E-state index in [4.69, 9.17) is 33.3 Å². The molecule has 0 saturated heterocycles. The van der Waals surface area contributed by atoms with Gasteiger partial charge in [0.15, 0.2) is 0 Å². The molecule has 3 nitrogen and oxygen atoms in total. The molecule has 1 N–H and O–H groups in total. The highest BCUT2D eigenvalue weighted by molar-refractivity contribution is 6.42. The Bertz CT molecular complexity index is 328. The van der Waals surface area contributed by atoms with Crippen LogP contribution in [-0.4, -0.2) is 12.5 Å². The minimum Gasteiger partial charge on any atom is -0.860 e. The number of hydrogen-bond acceptors (Lipinski definition) is 3. The lowest BCUT2D eigenvalue weighted by Crippen LogP contribution is -2.23. The SMILES string of the molecule is N=C([O-])COc1cccc(Cl)c1Cl. The van der Waals surface area contributed by atoms with Gasteiger partial charge in [-0.3, -0.25) is 0 Å². The fourth-order valence-corrected chi connectivity index (χ4v) is 1.09. The summed E-state index contributed by atoms with van der Waals surface area (Å²) in [6, 6.07) is 4.84. The molecule has 0 fully saturated rings. The fraction of sp³-hybridized carbons (Fsp3) is 0.125. The maximum atomic E-state index is 10.3. The van der Waals surface area contributed by atoms with Gasteiger partial charge in [-0.25, -0.2) is 0 Å². The maximum absolute atomic E-state index is 10.3. The quantitative estimate of drug-likeness (QED) is 0.621. The average Bonchev–Trinajstić information content (AvgIpc) is 2.07. The first-order valence-corrected chi connectivity index (χ1v) is 4.18. The van der Waals surface area contributed by atoms with Crippen LogP contribution in [0.25, 0.3) is 0 Å². The molecule has 0 unspecified atom stereocenters. The summed E-state index contributed by atoms with van der Waals surface area (Å²) < 4.78 is 4.93. The number of hydrogen-bond donors (Lipinski definition) is 1. The average molecular weight is 219 g/mol. The van der Waals surface area contributed by atoms with Gasteiger partial charge in [-0.05, 0) is 18.0 Å². The second-order valence-corrected chi connectivity index (χ2v) is 3.05. The van der Waals surface area contributed by atoms with E-state index in [0.717, 1.165) is 0 Å². The lowest BCUT2D eigenvalue weighted by Gasteiger charge is -2.11. The Labute approximate surface area is 85.4 Å². The van der Waals surface area contributed by atoms with E-state index in [1.807, 2.05) is 0 Å². The molecule has 1 rings (SSSR count). The standard InChI is InChI=1S/C8H7Cl2NO2/c9-5-2-1-3-6(8(5)10)13-4-7(11)12/h1-3H,4H2,(H2,11,12)/p-1. The van der Waals surface area contributed by atoms with Crippen molar-refractivity contribution in [1.29, 1.82) is 5.41 Å². The van der Waals surface area contributed by atoms with Gasteiger partial charge in [0, 0.05) is 0 Å². The number of benzene rings is 1. The maximum Gasteiger partial charge on any atom is 0.139 e. The number of ether oxygens (including phenoxy) is 1. The molecule has 0 aromatic heterocycles. The van der Waals surface area contributed by atoms with Crippen LogP contribution < -0.4 is 9.84 Å². The van der Waals surface area contributed by atoms with Crippen molar-refractivity contribution in [2.45, 2.75) is 0 Å². The first kappa shape index (κ1) is 10.2. The van der Waals surface area contributed by atoms with Gasteiger partial charge in [-0.2, -0.15) is 0 Å². The second kappa shape index (κ2) is 4.35. The Kier molecular flexibility index (Phi) is 3.39. The predicted molar refractivity (Wildman–Crippen MR) is 49.7 cm³/mol. The number of nitrogens with one attached hydrogen (secondary N) is 1. The van der Waals surface area contributed by atoms with Crippen LogP contribution in [0.15, 0.2) is 18.2 Å². The van der Waals surface area contributed by atoms with Crippen molar-refractivity contribution in [2.24, 2.45) is 0 Å². The van der Waals surface area contributed by atoms with Gasteiger partial charge in [0.1, 0.15) is 17.4 Å². The van der Waals surface area contributed by atoms with Crippen LogP contribution >= 0.6 is 23.2 Å². The summed E-state index contributed by atoms with van der Waals surface area (Å²) in [7, 11) is 0. The van der Waals surface area contributed by atoms with Crippen molar-refractivity contribution in [3.8, 4) is 5.75 Å². The predicted octanol–water partition coefficient (Wildman–Crippen LogP) is 1.71. The summed E-state index contributed by atoms with van der Waals surface area (Å²) >= 11 is 11.4. The van der Waals surface area contributed by atoms with E-state index in [0.29, 0.717) is 10.8 Å². The van der Waals surface area contributed by atoms with E-state index < -0.39 is 5.90 Å². The molecule has 0 atom stereocenters. The molecule has 5 heteroatoms. The van der Waals surface area contributed by atoms with E-state index in [1.54, 1.807) is 18.2 Å². The molecule has 0 aliphatic rings. The van der Waals surface area contributed by atoms with Crippen LogP contribution in [0.3, 0.4) is 0 Å². The molecule has 1 aromatic carbocycles. The van der Waals surface area contributed by atoms with Crippen molar-refractivity contribution in [3.63, 3.8) is 0 Å². The third kappa shape index (κ3) is 2.79. The molecular formula is C8H6Cl2NO2-. The first-order chi connectivity index (χ1) is 6.11. The molecule has 0 radical (unpaired) electrons. The Morgan fingerprint density at radius 1 is 1.46 bits per heavy atom. The Morgan fingerprint density at radius 3 is 2.77 bits per heavy atom. The van der Waals surface area contributed by atoms with Gasteiger partial charge in [-0.1, -0.05) is 29.3 Å². The van der Waals surface area contributed by atoms with E-state index in [1.165, 1.54) is 0 Å². The van der Waals surface area contributed by atoms with Crippen molar-refractivity contribution < 1.29 is 9.84 Å². The van der Waals surface area contributed by atoms with Crippen LogP contribution in [0.5, 0.6) is 5.75 Å². The van der Waals surface area contributed by atoms with E-state index >= 15 is 0 Å². The Morgan fingerprint density at radius 2 is 2.15 bits per heavy atom. The molecule has 70 valence electrons. The highest BCUT2D eigenvalue weighted by atomic mass is 35.5. The minimum atomic E-state index is -0.809. The van der Waals surface area contributed by atoms with Gasteiger partial charge in [0.2, 0.25) is 0 Å². The van der Waals surface area contributed by atoms with Gasteiger partial charge >= 0.3 is 0 Å². The summed E-state index contributed by atoms with van der Waals surface area (Å²) in [5.74, 6) is -0.495. The second-order valence-electron chi connectivity index (χ2n) is 2.26. The van der Waals surface area contributed by atoms with Crippen molar-refractivity contribution >= 4 is 29.1 Å². The van der Waals surface area contributed by atoms with Crippen LogP contribution in [0.1, 0.15) is 0 Å². The molecule has 0 saturated carbocycles. The van der Waals surface area contributed by atoms with Gasteiger partial charge < -0.3 is 15.3 Å². The summed E-state index contributed by atoms with van der Waals surface area (Å²) in [6.07, 6.45) is 0. The molecule has 0 amide bonds. The fourth-order valence-electron chi connectivity index (χ4n) is 0.739. The smallest absolute Gasteiger partial charge is 0.139 e. The minimum absolute atomic E-state index is 0.255. The van der Waals surface area contributed by atoms with Crippen LogP contribution in [0.2, 0.25) is 10.0 Å². The van der Waals surface area contributed by atoms with E-state index in [9.17, 15) is 5.11 Å². The molecule has 13 heavy (non-hydrogen) atoms. The monoisotopic (exact) mass is 218 g/mol. The van der Waals surface area contributed by atoms with Gasteiger partial charge in [0.05, 0.1) is 5.02 Å².